The normalized spacial score (nSPS) is 20.3. The van der Waals surface area contributed by atoms with E-state index in [9.17, 15) is 0 Å². The first kappa shape index (κ1) is 6.43. The highest BCUT2D eigenvalue weighted by atomic mass is 14.6. The Kier molecular flexibility index (Phi) is 1.23. The number of rotatable bonds is 0. The highest BCUT2D eigenvalue weighted by Crippen LogP contribution is 2.27. The van der Waals surface area contributed by atoms with Crippen LogP contribution in [0.4, 0.5) is 5.69 Å². The van der Waals surface area contributed by atoms with Crippen LogP contribution in [0.3, 0.4) is 0 Å². The number of nitrogens with two attached hydrogens (primary N) is 2. The molecule has 0 saturated carbocycles. The van der Waals surface area contributed by atoms with Crippen molar-refractivity contribution < 1.29 is 0 Å². The standard InChI is InChI=1S/C9H10N2/c10-7-3-1-6-2-4-9(11)8(6)5-7/h1-5,9H,10-11H2. The van der Waals surface area contributed by atoms with Crippen molar-refractivity contribution in [2.75, 3.05) is 5.73 Å². The van der Waals surface area contributed by atoms with Crippen LogP contribution in [0.5, 0.6) is 0 Å². The smallest absolute Gasteiger partial charge is 0.0491 e. The Hall–Kier alpha value is -1.28. The molecule has 0 fully saturated rings. The Balaban J connectivity index is 2.58. The van der Waals surface area contributed by atoms with E-state index < -0.39 is 0 Å². The molecule has 0 bridgehead atoms. The lowest BCUT2D eigenvalue weighted by molar-refractivity contribution is 0.932. The van der Waals surface area contributed by atoms with Crippen molar-refractivity contribution in [3.8, 4) is 0 Å². The molecule has 0 heterocycles. The van der Waals surface area contributed by atoms with Crippen LogP contribution in [0, 0.1) is 0 Å². The average molecular weight is 146 g/mol. The highest BCUT2D eigenvalue weighted by Gasteiger charge is 2.12. The maximum atomic E-state index is 5.77. The third-order valence-electron chi connectivity index (χ3n) is 1.95. The van der Waals surface area contributed by atoms with E-state index in [0.29, 0.717) is 0 Å². The van der Waals surface area contributed by atoms with E-state index in [2.05, 4.69) is 0 Å². The minimum Gasteiger partial charge on any atom is -0.399 e. The zero-order valence-corrected chi connectivity index (χ0v) is 6.12. The Morgan fingerprint density at radius 3 is 2.91 bits per heavy atom. The molecule has 0 amide bonds. The number of hydrogen-bond acceptors (Lipinski definition) is 2. The minimum absolute atomic E-state index is 0.0356. The van der Waals surface area contributed by atoms with E-state index in [0.717, 1.165) is 11.3 Å². The van der Waals surface area contributed by atoms with Gasteiger partial charge in [0.05, 0.1) is 0 Å². The van der Waals surface area contributed by atoms with Crippen LogP contribution in [0.25, 0.3) is 6.08 Å². The van der Waals surface area contributed by atoms with Gasteiger partial charge in [-0.2, -0.15) is 0 Å². The summed E-state index contributed by atoms with van der Waals surface area (Å²) >= 11 is 0. The van der Waals surface area contributed by atoms with Gasteiger partial charge in [0.15, 0.2) is 0 Å². The second-order valence-electron chi connectivity index (χ2n) is 2.77. The first-order valence-electron chi connectivity index (χ1n) is 3.60. The Morgan fingerprint density at radius 1 is 1.27 bits per heavy atom. The van der Waals surface area contributed by atoms with E-state index in [1.54, 1.807) is 0 Å². The molecular formula is C9H10N2. The fourth-order valence-electron chi connectivity index (χ4n) is 1.34. The van der Waals surface area contributed by atoms with Crippen LogP contribution in [0.2, 0.25) is 0 Å². The second-order valence-corrected chi connectivity index (χ2v) is 2.77. The monoisotopic (exact) mass is 146 g/mol. The first-order valence-corrected chi connectivity index (χ1v) is 3.60. The Morgan fingerprint density at radius 2 is 2.09 bits per heavy atom. The third-order valence-corrected chi connectivity index (χ3v) is 1.95. The fraction of sp³-hybridized carbons (Fsp3) is 0.111. The molecular weight excluding hydrogens is 136 g/mol. The third kappa shape index (κ3) is 0.917. The molecule has 56 valence electrons. The molecule has 0 aliphatic heterocycles. The molecule has 1 unspecified atom stereocenters. The van der Waals surface area contributed by atoms with E-state index in [-0.39, 0.29) is 6.04 Å². The van der Waals surface area contributed by atoms with Gasteiger partial charge in [-0.1, -0.05) is 18.2 Å². The van der Waals surface area contributed by atoms with Crippen molar-refractivity contribution >= 4 is 11.8 Å². The summed E-state index contributed by atoms with van der Waals surface area (Å²) in [5.74, 6) is 0. The lowest BCUT2D eigenvalue weighted by atomic mass is 10.1. The van der Waals surface area contributed by atoms with Crippen molar-refractivity contribution in [2.45, 2.75) is 6.04 Å². The van der Waals surface area contributed by atoms with Crippen LogP contribution in [-0.2, 0) is 0 Å². The second kappa shape index (κ2) is 2.10. The van der Waals surface area contributed by atoms with E-state index in [4.69, 9.17) is 11.5 Å². The van der Waals surface area contributed by atoms with Crippen LogP contribution >= 0.6 is 0 Å². The van der Waals surface area contributed by atoms with Crippen molar-refractivity contribution in [3.05, 3.63) is 35.4 Å². The van der Waals surface area contributed by atoms with Crippen LogP contribution in [0.1, 0.15) is 17.2 Å². The molecule has 2 nitrogen and oxygen atoms in total. The molecule has 2 rings (SSSR count). The highest BCUT2D eigenvalue weighted by molar-refractivity contribution is 5.65. The fourth-order valence-corrected chi connectivity index (χ4v) is 1.34. The summed E-state index contributed by atoms with van der Waals surface area (Å²) in [6, 6.07) is 5.85. The van der Waals surface area contributed by atoms with E-state index in [1.807, 2.05) is 30.4 Å². The minimum atomic E-state index is 0.0356. The molecule has 4 N–H and O–H groups in total. The molecule has 11 heavy (non-hydrogen) atoms. The predicted molar refractivity (Wildman–Crippen MR) is 46.8 cm³/mol. The molecule has 0 saturated heterocycles. The molecule has 1 aliphatic carbocycles. The lowest BCUT2D eigenvalue weighted by Crippen LogP contribution is -2.04. The lowest BCUT2D eigenvalue weighted by Gasteiger charge is -2.04. The quantitative estimate of drug-likeness (QED) is 0.542. The largest absolute Gasteiger partial charge is 0.399 e. The van der Waals surface area contributed by atoms with Crippen LogP contribution in [-0.4, -0.2) is 0 Å². The topological polar surface area (TPSA) is 52.0 Å². The van der Waals surface area contributed by atoms with Gasteiger partial charge >= 0.3 is 0 Å². The maximum absolute atomic E-state index is 5.77. The van der Waals surface area contributed by atoms with Gasteiger partial charge in [-0.05, 0) is 23.3 Å². The van der Waals surface area contributed by atoms with Gasteiger partial charge in [0, 0.05) is 11.7 Å². The summed E-state index contributed by atoms with van der Waals surface area (Å²) in [4.78, 5) is 0. The van der Waals surface area contributed by atoms with Crippen LogP contribution < -0.4 is 11.5 Å². The van der Waals surface area contributed by atoms with Gasteiger partial charge in [0.1, 0.15) is 0 Å². The molecule has 0 aromatic heterocycles. The number of nitrogen functional groups attached to an aromatic ring is 1. The summed E-state index contributed by atoms with van der Waals surface area (Å²) in [5.41, 5.74) is 14.5. The van der Waals surface area contributed by atoms with Crippen molar-refractivity contribution in [3.63, 3.8) is 0 Å². The predicted octanol–water partition coefficient (Wildman–Crippen LogP) is 1.30. The zero-order valence-electron chi connectivity index (χ0n) is 6.12. The van der Waals surface area contributed by atoms with Gasteiger partial charge in [0.25, 0.3) is 0 Å². The summed E-state index contributed by atoms with van der Waals surface area (Å²) in [6.07, 6.45) is 4.00. The maximum Gasteiger partial charge on any atom is 0.0491 e. The van der Waals surface area contributed by atoms with Crippen molar-refractivity contribution in [1.29, 1.82) is 0 Å². The molecule has 1 atom stereocenters. The Bertz CT molecular complexity index is 315. The molecule has 0 spiro atoms. The summed E-state index contributed by atoms with van der Waals surface area (Å²) in [6.45, 7) is 0. The number of anilines is 1. The zero-order chi connectivity index (χ0) is 7.84. The number of fused-ring (bicyclic) bond motifs is 1. The van der Waals surface area contributed by atoms with Gasteiger partial charge in [-0.3, -0.25) is 0 Å². The molecule has 1 aromatic rings. The molecule has 0 radical (unpaired) electrons. The van der Waals surface area contributed by atoms with E-state index >= 15 is 0 Å². The van der Waals surface area contributed by atoms with Gasteiger partial charge in [-0.25, -0.2) is 0 Å². The van der Waals surface area contributed by atoms with Gasteiger partial charge in [0.2, 0.25) is 0 Å². The van der Waals surface area contributed by atoms with Crippen molar-refractivity contribution in [2.24, 2.45) is 5.73 Å². The Labute approximate surface area is 65.5 Å². The summed E-state index contributed by atoms with van der Waals surface area (Å²) in [7, 11) is 0. The first-order chi connectivity index (χ1) is 5.27. The van der Waals surface area contributed by atoms with Gasteiger partial charge < -0.3 is 11.5 Å². The number of benzene rings is 1. The average Bonchev–Trinajstić information content (AvgIpc) is 2.33. The van der Waals surface area contributed by atoms with E-state index in [1.165, 1.54) is 5.56 Å². The molecule has 1 aromatic carbocycles. The summed E-state index contributed by atoms with van der Waals surface area (Å²) in [5, 5.41) is 0. The molecule has 2 heteroatoms. The number of hydrogen-bond donors (Lipinski definition) is 2. The van der Waals surface area contributed by atoms with Gasteiger partial charge in [-0.15, -0.1) is 0 Å². The van der Waals surface area contributed by atoms with Crippen molar-refractivity contribution in [1.82, 2.24) is 0 Å². The van der Waals surface area contributed by atoms with Crippen LogP contribution in [0.15, 0.2) is 24.3 Å². The molecule has 1 aliphatic rings. The SMILES string of the molecule is Nc1ccc2c(c1)C(N)C=C2. The summed E-state index contributed by atoms with van der Waals surface area (Å²) < 4.78 is 0.